The number of hydrogen-bond donors (Lipinski definition) is 2. The normalized spacial score (nSPS) is 19.3. The van der Waals surface area contributed by atoms with Gasteiger partial charge in [-0.15, -0.1) is 11.3 Å². The highest BCUT2D eigenvalue weighted by Gasteiger charge is 2.31. The van der Waals surface area contributed by atoms with Gasteiger partial charge in [0.1, 0.15) is 0 Å². The van der Waals surface area contributed by atoms with E-state index in [1.165, 1.54) is 70.4 Å². The molecule has 3 aromatic rings. The lowest BCUT2D eigenvalue weighted by Crippen LogP contribution is -2.42. The molecule has 0 spiro atoms. The minimum Gasteiger partial charge on any atom is -0.322 e. The summed E-state index contributed by atoms with van der Waals surface area (Å²) in [4.78, 5) is 16.7. The van der Waals surface area contributed by atoms with Crippen LogP contribution in [0.3, 0.4) is 0 Å². The number of piperidine rings is 1. The van der Waals surface area contributed by atoms with Crippen molar-refractivity contribution in [3.63, 3.8) is 0 Å². The first-order chi connectivity index (χ1) is 16.5. The number of carbonyl (C=O) groups is 1. The Morgan fingerprint density at radius 3 is 2.11 bits per heavy atom. The van der Waals surface area contributed by atoms with Crippen LogP contribution in [0.4, 0.5) is 10.8 Å². The second kappa shape index (κ2) is 10.1. The number of nitrogens with one attached hydrogen (secondary N) is 2. The summed E-state index contributed by atoms with van der Waals surface area (Å²) in [6, 6.07) is 11.5. The Bertz CT molecular complexity index is 1380. The van der Waals surface area contributed by atoms with Crippen molar-refractivity contribution < 1.29 is 21.6 Å². The molecule has 9 nitrogen and oxygen atoms in total. The highest BCUT2D eigenvalue weighted by Crippen LogP contribution is 2.27. The zero-order valence-electron chi connectivity index (χ0n) is 19.2. The molecule has 0 aliphatic carbocycles. The molecule has 1 fully saturated rings. The first-order valence-corrected chi connectivity index (χ1v) is 14.8. The Kier molecular flexibility index (Phi) is 7.27. The molecule has 1 amide bonds. The number of anilines is 2. The molecular formula is C23H26N4O5S3. The predicted molar refractivity (Wildman–Crippen MR) is 135 cm³/mol. The summed E-state index contributed by atoms with van der Waals surface area (Å²) in [5.41, 5.74) is 0.683. The van der Waals surface area contributed by atoms with Crippen molar-refractivity contribution in [2.24, 2.45) is 11.8 Å². The van der Waals surface area contributed by atoms with E-state index in [4.69, 9.17) is 0 Å². The predicted octanol–water partition coefficient (Wildman–Crippen LogP) is 3.86. The average Bonchev–Trinajstić information content (AvgIpc) is 3.31. The molecule has 1 aromatic heterocycles. The molecule has 0 bridgehead atoms. The summed E-state index contributed by atoms with van der Waals surface area (Å²) in [6.07, 6.45) is 2.50. The topological polar surface area (TPSA) is 126 Å². The SMILES string of the molecule is CC1CC(C)CN(S(=O)(=O)c2ccc(C(=O)Nc3ccc(S(=O)(=O)Nc4nccs4)cc3)cc2)C1. The van der Waals surface area contributed by atoms with Crippen molar-refractivity contribution in [2.45, 2.75) is 30.1 Å². The zero-order chi connectivity index (χ0) is 25.2. The number of carbonyl (C=O) groups excluding carboxylic acids is 1. The summed E-state index contributed by atoms with van der Waals surface area (Å²) >= 11 is 1.17. The van der Waals surface area contributed by atoms with E-state index >= 15 is 0 Å². The van der Waals surface area contributed by atoms with E-state index in [-0.39, 0.29) is 20.5 Å². The Hall–Kier alpha value is -2.80. The average molecular weight is 535 g/mol. The molecule has 186 valence electrons. The molecule has 2 aromatic carbocycles. The molecule has 0 radical (unpaired) electrons. The Morgan fingerprint density at radius 2 is 1.54 bits per heavy atom. The number of rotatable bonds is 7. The minimum absolute atomic E-state index is 0.0293. The van der Waals surface area contributed by atoms with Crippen molar-refractivity contribution in [3.8, 4) is 0 Å². The van der Waals surface area contributed by atoms with Crippen LogP contribution in [0, 0.1) is 11.8 Å². The Balaban J connectivity index is 1.42. The lowest BCUT2D eigenvalue weighted by molar-refractivity contribution is 0.102. The van der Waals surface area contributed by atoms with E-state index in [0.29, 0.717) is 30.6 Å². The van der Waals surface area contributed by atoms with Gasteiger partial charge in [-0.1, -0.05) is 13.8 Å². The second-order valence-electron chi connectivity index (χ2n) is 8.71. The smallest absolute Gasteiger partial charge is 0.263 e. The number of sulfonamides is 2. The van der Waals surface area contributed by atoms with Crippen LogP contribution < -0.4 is 10.0 Å². The maximum atomic E-state index is 13.0. The molecule has 2 N–H and O–H groups in total. The fraction of sp³-hybridized carbons (Fsp3) is 0.304. The van der Waals surface area contributed by atoms with E-state index in [0.717, 1.165) is 6.42 Å². The van der Waals surface area contributed by atoms with Crippen LogP contribution >= 0.6 is 11.3 Å². The van der Waals surface area contributed by atoms with Gasteiger partial charge in [0.05, 0.1) is 9.79 Å². The van der Waals surface area contributed by atoms with Crippen LogP contribution in [0.15, 0.2) is 69.9 Å². The van der Waals surface area contributed by atoms with Gasteiger partial charge in [0, 0.05) is 35.9 Å². The lowest BCUT2D eigenvalue weighted by atomic mass is 9.94. The molecule has 35 heavy (non-hydrogen) atoms. The number of benzene rings is 2. The fourth-order valence-electron chi connectivity index (χ4n) is 4.10. The van der Waals surface area contributed by atoms with Crippen molar-refractivity contribution in [1.29, 1.82) is 0 Å². The van der Waals surface area contributed by atoms with E-state index < -0.39 is 26.0 Å². The number of thiazole rings is 1. The first kappa shape index (κ1) is 25.3. The Labute approximate surface area is 209 Å². The third-order valence-corrected chi connectivity index (χ3v) is 9.68. The standard InChI is InChI=1S/C23H26N4O5S3/c1-16-13-17(2)15-27(14-16)35(31,32)21-7-3-18(4-8-21)22(28)25-19-5-9-20(10-6-19)34(29,30)26-23-24-11-12-33-23/h3-12,16-17H,13-15H2,1-2H3,(H,24,26)(H,25,28). The molecule has 1 aliphatic rings. The maximum Gasteiger partial charge on any atom is 0.263 e. The van der Waals surface area contributed by atoms with Crippen molar-refractivity contribution in [1.82, 2.24) is 9.29 Å². The zero-order valence-corrected chi connectivity index (χ0v) is 21.7. The first-order valence-electron chi connectivity index (χ1n) is 11.0. The molecule has 1 aliphatic heterocycles. The molecule has 1 saturated heterocycles. The van der Waals surface area contributed by atoms with Crippen LogP contribution in [0.2, 0.25) is 0 Å². The maximum absolute atomic E-state index is 13.0. The summed E-state index contributed by atoms with van der Waals surface area (Å²) in [5.74, 6) is 0.150. The van der Waals surface area contributed by atoms with Gasteiger partial charge in [0.15, 0.2) is 5.13 Å². The van der Waals surface area contributed by atoms with Crippen molar-refractivity contribution in [3.05, 3.63) is 65.7 Å². The second-order valence-corrected chi connectivity index (χ2v) is 13.2. The third kappa shape index (κ3) is 5.89. The summed E-state index contributed by atoms with van der Waals surface area (Å²) in [7, 11) is -7.42. The van der Waals surface area contributed by atoms with Crippen LogP contribution in [-0.4, -0.2) is 45.1 Å². The molecule has 12 heteroatoms. The van der Waals surface area contributed by atoms with Gasteiger partial charge < -0.3 is 5.32 Å². The summed E-state index contributed by atoms with van der Waals surface area (Å²) in [6.45, 7) is 5.07. The highest BCUT2D eigenvalue weighted by molar-refractivity contribution is 7.93. The van der Waals surface area contributed by atoms with Gasteiger partial charge in [0.25, 0.3) is 15.9 Å². The summed E-state index contributed by atoms with van der Waals surface area (Å²) in [5, 5.41) is 4.61. The van der Waals surface area contributed by atoms with Crippen LogP contribution in [-0.2, 0) is 20.0 Å². The van der Waals surface area contributed by atoms with E-state index in [9.17, 15) is 21.6 Å². The van der Waals surface area contributed by atoms with Crippen molar-refractivity contribution >= 4 is 48.1 Å². The van der Waals surface area contributed by atoms with Crippen molar-refractivity contribution in [2.75, 3.05) is 23.1 Å². The minimum atomic E-state index is -3.79. The van der Waals surface area contributed by atoms with Gasteiger partial charge in [-0.25, -0.2) is 21.8 Å². The quantitative estimate of drug-likeness (QED) is 0.474. The van der Waals surface area contributed by atoms with Crippen LogP contribution in [0.1, 0.15) is 30.6 Å². The van der Waals surface area contributed by atoms with Gasteiger partial charge in [-0.2, -0.15) is 4.31 Å². The lowest BCUT2D eigenvalue weighted by Gasteiger charge is -2.34. The van der Waals surface area contributed by atoms with Gasteiger partial charge in [0.2, 0.25) is 10.0 Å². The van der Waals surface area contributed by atoms with E-state index in [1.807, 2.05) is 13.8 Å². The largest absolute Gasteiger partial charge is 0.322 e. The number of nitrogens with zero attached hydrogens (tertiary/aromatic N) is 2. The third-order valence-electron chi connectivity index (χ3n) is 5.67. The molecular weight excluding hydrogens is 508 g/mol. The van der Waals surface area contributed by atoms with Crippen LogP contribution in [0.5, 0.6) is 0 Å². The highest BCUT2D eigenvalue weighted by atomic mass is 32.2. The van der Waals surface area contributed by atoms with E-state index in [2.05, 4.69) is 15.0 Å². The van der Waals surface area contributed by atoms with Gasteiger partial charge in [-0.3, -0.25) is 9.52 Å². The van der Waals surface area contributed by atoms with Crippen LogP contribution in [0.25, 0.3) is 0 Å². The van der Waals surface area contributed by atoms with Gasteiger partial charge in [-0.05, 0) is 66.8 Å². The summed E-state index contributed by atoms with van der Waals surface area (Å²) < 4.78 is 54.8. The number of hydrogen-bond acceptors (Lipinski definition) is 7. The molecule has 4 rings (SSSR count). The Morgan fingerprint density at radius 1 is 0.943 bits per heavy atom. The molecule has 0 saturated carbocycles. The van der Waals surface area contributed by atoms with Gasteiger partial charge >= 0.3 is 0 Å². The molecule has 2 atom stereocenters. The molecule has 2 unspecified atom stereocenters. The molecule has 2 heterocycles. The van der Waals surface area contributed by atoms with E-state index in [1.54, 1.807) is 5.38 Å². The number of aromatic nitrogens is 1. The fourth-order valence-corrected chi connectivity index (χ4v) is 7.57. The monoisotopic (exact) mass is 534 g/mol. The number of amides is 1.